The Morgan fingerprint density at radius 2 is 2.05 bits per heavy atom. The minimum atomic E-state index is -0.156. The van der Waals surface area contributed by atoms with Gasteiger partial charge in [0.1, 0.15) is 17.5 Å². The van der Waals surface area contributed by atoms with E-state index in [9.17, 15) is 4.79 Å². The second-order valence-corrected chi connectivity index (χ2v) is 5.49. The highest BCUT2D eigenvalue weighted by atomic mass is 16.2. The molecule has 6 nitrogen and oxygen atoms in total. The van der Waals surface area contributed by atoms with Gasteiger partial charge in [-0.05, 0) is 12.1 Å². The van der Waals surface area contributed by atoms with Gasteiger partial charge in [-0.1, -0.05) is 18.2 Å². The lowest BCUT2D eigenvalue weighted by molar-refractivity contribution is -0.119. The molecule has 1 atom stereocenters. The number of piperazine rings is 1. The molecule has 0 bridgehead atoms. The molecule has 108 valence electrons. The Hall–Kier alpha value is -2.50. The molecule has 1 N–H and O–H groups in total. The first-order valence-electron chi connectivity index (χ1n) is 7.13. The molecule has 1 aromatic heterocycles. The lowest BCUT2D eigenvalue weighted by Crippen LogP contribution is -2.62. The quantitative estimate of drug-likeness (QED) is 0.851. The SMILES string of the molecule is CN1C(=O)C2CN(c3ccccc3)CCN2c2[nH]ncc21. The molecule has 0 saturated carbocycles. The fourth-order valence-corrected chi connectivity index (χ4v) is 3.21. The predicted molar refractivity (Wildman–Crippen MR) is 81.8 cm³/mol. The minimum absolute atomic E-state index is 0.129. The monoisotopic (exact) mass is 283 g/mol. The molecule has 2 aliphatic heterocycles. The molecule has 1 fully saturated rings. The van der Waals surface area contributed by atoms with E-state index in [-0.39, 0.29) is 11.9 Å². The summed E-state index contributed by atoms with van der Waals surface area (Å²) in [5.74, 6) is 1.08. The van der Waals surface area contributed by atoms with Crippen molar-refractivity contribution in [3.8, 4) is 0 Å². The van der Waals surface area contributed by atoms with Crippen LogP contribution in [-0.2, 0) is 4.79 Å². The summed E-state index contributed by atoms with van der Waals surface area (Å²) in [5.41, 5.74) is 2.03. The van der Waals surface area contributed by atoms with Crippen molar-refractivity contribution in [2.45, 2.75) is 6.04 Å². The summed E-state index contributed by atoms with van der Waals surface area (Å²) in [6.07, 6.45) is 1.72. The van der Waals surface area contributed by atoms with E-state index in [4.69, 9.17) is 0 Å². The number of likely N-dealkylation sites (N-methyl/N-ethyl adjacent to an activating group) is 1. The molecule has 0 aliphatic carbocycles. The number of carbonyl (C=O) groups excluding carboxylic acids is 1. The lowest BCUT2D eigenvalue weighted by atomic mass is 10.1. The minimum Gasteiger partial charge on any atom is -0.367 e. The van der Waals surface area contributed by atoms with Gasteiger partial charge in [0.25, 0.3) is 5.91 Å². The third-order valence-corrected chi connectivity index (χ3v) is 4.37. The van der Waals surface area contributed by atoms with Crippen LogP contribution >= 0.6 is 0 Å². The number of nitrogens with one attached hydrogen (secondary N) is 1. The number of fused-ring (bicyclic) bond motifs is 3. The van der Waals surface area contributed by atoms with E-state index in [1.54, 1.807) is 11.1 Å². The molecule has 1 aromatic carbocycles. The molecular formula is C15H17N5O. The van der Waals surface area contributed by atoms with Crippen LogP contribution in [0.5, 0.6) is 0 Å². The number of nitrogens with zero attached hydrogens (tertiary/aromatic N) is 4. The molecule has 2 aliphatic rings. The Labute approximate surface area is 123 Å². The van der Waals surface area contributed by atoms with Crippen molar-refractivity contribution in [1.82, 2.24) is 10.2 Å². The molecular weight excluding hydrogens is 266 g/mol. The smallest absolute Gasteiger partial charge is 0.251 e. The van der Waals surface area contributed by atoms with Crippen LogP contribution < -0.4 is 14.7 Å². The van der Waals surface area contributed by atoms with Crippen molar-refractivity contribution < 1.29 is 4.79 Å². The molecule has 0 radical (unpaired) electrons. The van der Waals surface area contributed by atoms with E-state index in [1.165, 1.54) is 5.69 Å². The zero-order valence-electron chi connectivity index (χ0n) is 11.9. The number of aromatic nitrogens is 2. The first-order valence-corrected chi connectivity index (χ1v) is 7.13. The molecule has 1 unspecified atom stereocenters. The molecule has 1 amide bonds. The average molecular weight is 283 g/mol. The number of H-pyrrole nitrogens is 1. The summed E-state index contributed by atoms with van der Waals surface area (Å²) in [6.45, 7) is 2.41. The van der Waals surface area contributed by atoms with Crippen LogP contribution in [0.15, 0.2) is 36.5 Å². The highest BCUT2D eigenvalue weighted by Crippen LogP contribution is 2.35. The number of hydrogen-bond donors (Lipinski definition) is 1. The number of hydrogen-bond acceptors (Lipinski definition) is 4. The van der Waals surface area contributed by atoms with Gasteiger partial charge in [-0.25, -0.2) is 0 Å². The Bertz CT molecular complexity index is 668. The third kappa shape index (κ3) is 1.79. The summed E-state index contributed by atoms with van der Waals surface area (Å²) in [4.78, 5) is 18.7. The fourth-order valence-electron chi connectivity index (χ4n) is 3.21. The number of benzene rings is 1. The Morgan fingerprint density at radius 1 is 1.24 bits per heavy atom. The predicted octanol–water partition coefficient (Wildman–Crippen LogP) is 1.08. The second kappa shape index (κ2) is 4.51. The maximum atomic E-state index is 12.6. The normalized spacial score (nSPS) is 21.3. The molecule has 4 rings (SSSR count). The summed E-state index contributed by atoms with van der Waals surface area (Å²) in [6, 6.07) is 10.1. The van der Waals surface area contributed by atoms with Gasteiger partial charge in [0.05, 0.1) is 6.20 Å². The second-order valence-electron chi connectivity index (χ2n) is 5.49. The van der Waals surface area contributed by atoms with E-state index in [0.29, 0.717) is 6.54 Å². The van der Waals surface area contributed by atoms with Gasteiger partial charge >= 0.3 is 0 Å². The van der Waals surface area contributed by atoms with Crippen LogP contribution in [0.2, 0.25) is 0 Å². The van der Waals surface area contributed by atoms with Crippen LogP contribution in [0.1, 0.15) is 0 Å². The molecule has 0 spiro atoms. The number of rotatable bonds is 1. The number of aromatic amines is 1. The standard InChI is InChI=1S/C15H17N5O/c1-18-12-9-16-17-14(12)20-8-7-19(10-13(20)15(18)21)11-5-3-2-4-6-11/h2-6,9,13H,7-8,10H2,1H3,(H,16,17). The van der Waals surface area contributed by atoms with E-state index >= 15 is 0 Å². The summed E-state index contributed by atoms with van der Waals surface area (Å²) >= 11 is 0. The Morgan fingerprint density at radius 3 is 2.86 bits per heavy atom. The highest BCUT2D eigenvalue weighted by Gasteiger charge is 2.41. The number of para-hydroxylation sites is 1. The van der Waals surface area contributed by atoms with Crippen molar-refractivity contribution in [3.05, 3.63) is 36.5 Å². The largest absolute Gasteiger partial charge is 0.367 e. The Kier molecular flexibility index (Phi) is 2.63. The zero-order chi connectivity index (χ0) is 14.4. The fraction of sp³-hybridized carbons (Fsp3) is 0.333. The van der Waals surface area contributed by atoms with Crippen LogP contribution in [0, 0.1) is 0 Å². The maximum Gasteiger partial charge on any atom is 0.251 e. The zero-order valence-corrected chi connectivity index (χ0v) is 11.9. The van der Waals surface area contributed by atoms with Crippen LogP contribution in [0.25, 0.3) is 0 Å². The van der Waals surface area contributed by atoms with E-state index < -0.39 is 0 Å². The maximum absolute atomic E-state index is 12.6. The van der Waals surface area contributed by atoms with Crippen molar-refractivity contribution in [2.24, 2.45) is 0 Å². The lowest BCUT2D eigenvalue weighted by Gasteiger charge is -2.46. The summed E-state index contributed by atoms with van der Waals surface area (Å²) in [7, 11) is 1.81. The van der Waals surface area contributed by atoms with Crippen molar-refractivity contribution >= 4 is 23.1 Å². The van der Waals surface area contributed by atoms with Crippen molar-refractivity contribution in [1.29, 1.82) is 0 Å². The molecule has 3 heterocycles. The topological polar surface area (TPSA) is 55.5 Å². The molecule has 2 aromatic rings. The third-order valence-electron chi connectivity index (χ3n) is 4.37. The van der Waals surface area contributed by atoms with Gasteiger partial charge < -0.3 is 14.7 Å². The number of anilines is 3. The first-order chi connectivity index (χ1) is 10.3. The van der Waals surface area contributed by atoms with Crippen LogP contribution in [0.4, 0.5) is 17.2 Å². The molecule has 21 heavy (non-hydrogen) atoms. The van der Waals surface area contributed by atoms with E-state index in [2.05, 4.69) is 32.1 Å². The first kappa shape index (κ1) is 12.3. The number of amides is 1. The summed E-state index contributed by atoms with van der Waals surface area (Å²) in [5, 5.41) is 7.11. The van der Waals surface area contributed by atoms with Gasteiger partial charge in [0, 0.05) is 32.4 Å². The van der Waals surface area contributed by atoms with Crippen LogP contribution in [0.3, 0.4) is 0 Å². The molecule has 6 heteroatoms. The van der Waals surface area contributed by atoms with Gasteiger partial charge in [-0.15, -0.1) is 0 Å². The van der Waals surface area contributed by atoms with Crippen molar-refractivity contribution in [2.75, 3.05) is 41.4 Å². The number of carbonyl (C=O) groups is 1. The van der Waals surface area contributed by atoms with Crippen LogP contribution in [-0.4, -0.2) is 48.8 Å². The highest BCUT2D eigenvalue weighted by molar-refractivity contribution is 6.04. The van der Waals surface area contributed by atoms with Gasteiger partial charge in [0.15, 0.2) is 0 Å². The van der Waals surface area contributed by atoms with Crippen molar-refractivity contribution in [3.63, 3.8) is 0 Å². The van der Waals surface area contributed by atoms with E-state index in [0.717, 1.165) is 24.6 Å². The summed E-state index contributed by atoms with van der Waals surface area (Å²) < 4.78 is 0. The van der Waals surface area contributed by atoms with Gasteiger partial charge in [-0.3, -0.25) is 9.89 Å². The Balaban J connectivity index is 1.66. The average Bonchev–Trinajstić information content (AvgIpc) is 3.03. The molecule has 1 saturated heterocycles. The van der Waals surface area contributed by atoms with Gasteiger partial charge in [-0.2, -0.15) is 5.10 Å². The van der Waals surface area contributed by atoms with Gasteiger partial charge in [0.2, 0.25) is 0 Å². The van der Waals surface area contributed by atoms with E-state index in [1.807, 2.05) is 25.2 Å².